The summed E-state index contributed by atoms with van der Waals surface area (Å²) in [5, 5.41) is 20.1. The van der Waals surface area contributed by atoms with Crippen molar-refractivity contribution in [1.82, 2.24) is 5.06 Å². The molecule has 0 bridgehead atoms. The van der Waals surface area contributed by atoms with Gasteiger partial charge in [0.25, 0.3) is 0 Å². The summed E-state index contributed by atoms with van der Waals surface area (Å²) in [6.45, 7) is 9.46. The molecule has 0 saturated carbocycles. The zero-order valence-electron chi connectivity index (χ0n) is 13.2. The summed E-state index contributed by atoms with van der Waals surface area (Å²) in [6.07, 6.45) is 2.31. The van der Waals surface area contributed by atoms with Gasteiger partial charge in [-0.3, -0.25) is 0 Å². The van der Waals surface area contributed by atoms with Crippen molar-refractivity contribution in [3.63, 3.8) is 0 Å². The van der Waals surface area contributed by atoms with Crippen molar-refractivity contribution in [3.05, 3.63) is 24.3 Å². The minimum atomic E-state index is -0.0781. The topological polar surface area (TPSA) is 52.9 Å². The van der Waals surface area contributed by atoms with Crippen molar-refractivity contribution < 1.29 is 15.1 Å². The van der Waals surface area contributed by atoms with E-state index in [4.69, 9.17) is 9.84 Å². The van der Waals surface area contributed by atoms with Crippen LogP contribution in [0.15, 0.2) is 24.3 Å². The molecule has 4 nitrogen and oxygen atoms in total. The maximum absolute atomic E-state index is 9.61. The Bertz CT molecular complexity index is 429. The van der Waals surface area contributed by atoms with Gasteiger partial charge in [-0.15, -0.1) is 0 Å². The Labute approximate surface area is 121 Å². The molecule has 0 atom stereocenters. The maximum Gasteiger partial charge on any atom is 0.160 e. The zero-order valence-corrected chi connectivity index (χ0v) is 13.2. The predicted octanol–water partition coefficient (Wildman–Crippen LogP) is 3.68. The van der Waals surface area contributed by atoms with Crippen LogP contribution in [0.3, 0.4) is 0 Å². The molecule has 114 valence electrons. The Morgan fingerprint density at radius 1 is 1.15 bits per heavy atom. The van der Waals surface area contributed by atoms with Crippen LogP contribution in [0.5, 0.6) is 11.5 Å². The lowest BCUT2D eigenvalue weighted by Gasteiger charge is -2.50. The Hall–Kier alpha value is -1.26. The molecule has 4 heteroatoms. The molecule has 2 N–H and O–H groups in total. The highest BCUT2D eigenvalue weighted by molar-refractivity contribution is 5.37. The van der Waals surface area contributed by atoms with Crippen LogP contribution < -0.4 is 4.74 Å². The Balaban J connectivity index is 0.000000204. The number of benzene rings is 1. The maximum atomic E-state index is 9.61. The van der Waals surface area contributed by atoms with Gasteiger partial charge in [0.05, 0.1) is 7.11 Å². The van der Waals surface area contributed by atoms with E-state index < -0.39 is 0 Å². The molecule has 0 aliphatic carbocycles. The van der Waals surface area contributed by atoms with Crippen molar-refractivity contribution in [1.29, 1.82) is 0 Å². The van der Waals surface area contributed by atoms with Crippen LogP contribution in [0.2, 0.25) is 0 Å². The fourth-order valence-corrected chi connectivity index (χ4v) is 2.24. The number of ether oxygens (including phenoxy) is 1. The highest BCUT2D eigenvalue weighted by Crippen LogP contribution is 2.42. The van der Waals surface area contributed by atoms with Crippen molar-refractivity contribution in [2.24, 2.45) is 5.41 Å². The SMILES string of the molecule is CC1(C)CCCN(O)C1(C)C.COc1ccccc1O. The molecule has 1 aliphatic rings. The summed E-state index contributed by atoms with van der Waals surface area (Å²) in [5.74, 6) is 0.692. The lowest BCUT2D eigenvalue weighted by Crippen LogP contribution is -2.56. The van der Waals surface area contributed by atoms with E-state index in [9.17, 15) is 5.21 Å². The third kappa shape index (κ3) is 3.64. The second-order valence-corrected chi connectivity index (χ2v) is 6.34. The average Bonchev–Trinajstić information content (AvgIpc) is 2.38. The second kappa shape index (κ2) is 6.46. The molecular formula is C16H27NO3. The number of methoxy groups -OCH3 is 1. The van der Waals surface area contributed by atoms with Gasteiger partial charge in [0.15, 0.2) is 11.5 Å². The Morgan fingerprint density at radius 2 is 1.75 bits per heavy atom. The van der Waals surface area contributed by atoms with E-state index in [1.165, 1.54) is 18.6 Å². The summed E-state index contributed by atoms with van der Waals surface area (Å²) >= 11 is 0. The Kier molecular flexibility index (Phi) is 5.42. The number of phenols is 1. The third-order valence-electron chi connectivity index (χ3n) is 4.56. The van der Waals surface area contributed by atoms with Gasteiger partial charge in [0, 0.05) is 12.1 Å². The predicted molar refractivity (Wildman–Crippen MR) is 80.2 cm³/mol. The van der Waals surface area contributed by atoms with Crippen molar-refractivity contribution >= 4 is 0 Å². The highest BCUT2D eigenvalue weighted by atomic mass is 16.5. The summed E-state index contributed by atoms with van der Waals surface area (Å²) in [4.78, 5) is 0. The number of piperidine rings is 1. The lowest BCUT2D eigenvalue weighted by atomic mass is 9.69. The fraction of sp³-hybridized carbons (Fsp3) is 0.625. The molecule has 0 spiro atoms. The first kappa shape index (κ1) is 16.8. The summed E-state index contributed by atoms with van der Waals surface area (Å²) < 4.78 is 4.79. The molecule has 0 amide bonds. The van der Waals surface area contributed by atoms with Gasteiger partial charge in [-0.05, 0) is 44.2 Å². The van der Waals surface area contributed by atoms with Crippen LogP contribution in [-0.4, -0.2) is 34.6 Å². The monoisotopic (exact) mass is 281 g/mol. The molecule has 1 saturated heterocycles. The van der Waals surface area contributed by atoms with Gasteiger partial charge in [0.2, 0.25) is 0 Å². The van der Waals surface area contributed by atoms with Gasteiger partial charge in [-0.2, -0.15) is 5.06 Å². The minimum absolute atomic E-state index is 0.0781. The number of hydroxylamine groups is 2. The standard InChI is InChI=1S/C9H19NO.C7H8O2/c1-8(2)6-5-7-10(11)9(8,3)4;1-9-7-5-3-2-4-6(7)8/h11H,5-7H2,1-4H3;2-5,8H,1H3. The van der Waals surface area contributed by atoms with E-state index >= 15 is 0 Å². The lowest BCUT2D eigenvalue weighted by molar-refractivity contribution is -0.218. The van der Waals surface area contributed by atoms with E-state index in [0.717, 1.165) is 13.0 Å². The number of phenolic OH excluding ortho intramolecular Hbond substituents is 1. The van der Waals surface area contributed by atoms with Crippen LogP contribution in [0.25, 0.3) is 0 Å². The summed E-state index contributed by atoms with van der Waals surface area (Å²) in [6, 6.07) is 6.84. The van der Waals surface area contributed by atoms with Crippen LogP contribution in [0.4, 0.5) is 0 Å². The second-order valence-electron chi connectivity index (χ2n) is 6.34. The van der Waals surface area contributed by atoms with Crippen LogP contribution in [0, 0.1) is 5.41 Å². The molecule has 1 heterocycles. The van der Waals surface area contributed by atoms with E-state index in [1.807, 2.05) is 0 Å². The van der Waals surface area contributed by atoms with E-state index in [-0.39, 0.29) is 16.7 Å². The molecule has 1 aromatic carbocycles. The molecule has 0 aromatic heterocycles. The van der Waals surface area contributed by atoms with Gasteiger partial charge in [-0.1, -0.05) is 26.0 Å². The molecule has 0 unspecified atom stereocenters. The van der Waals surface area contributed by atoms with Gasteiger partial charge >= 0.3 is 0 Å². The molecule has 1 fully saturated rings. The molecular weight excluding hydrogens is 254 g/mol. The van der Waals surface area contributed by atoms with Gasteiger partial charge < -0.3 is 15.1 Å². The first-order chi connectivity index (χ1) is 9.22. The number of hydrogen-bond acceptors (Lipinski definition) is 4. The summed E-state index contributed by atoms with van der Waals surface area (Å²) in [5.41, 5.74) is 0.144. The normalized spacial score (nSPS) is 20.7. The molecule has 20 heavy (non-hydrogen) atoms. The van der Waals surface area contributed by atoms with Crippen molar-refractivity contribution in [2.45, 2.75) is 46.1 Å². The average molecular weight is 281 g/mol. The third-order valence-corrected chi connectivity index (χ3v) is 4.56. The summed E-state index contributed by atoms with van der Waals surface area (Å²) in [7, 11) is 1.52. The number of nitrogens with zero attached hydrogens (tertiary/aromatic N) is 1. The zero-order chi connectivity index (χ0) is 15.4. The first-order valence-electron chi connectivity index (χ1n) is 7.01. The number of para-hydroxylation sites is 2. The molecule has 1 aromatic rings. The number of rotatable bonds is 1. The highest BCUT2D eigenvalue weighted by Gasteiger charge is 2.43. The number of aromatic hydroxyl groups is 1. The van der Waals surface area contributed by atoms with Crippen LogP contribution in [-0.2, 0) is 0 Å². The van der Waals surface area contributed by atoms with E-state index in [1.54, 1.807) is 24.3 Å². The smallest absolute Gasteiger partial charge is 0.160 e. The molecule has 2 rings (SSSR count). The van der Waals surface area contributed by atoms with Crippen LogP contribution >= 0.6 is 0 Å². The fourth-order valence-electron chi connectivity index (χ4n) is 2.24. The molecule has 0 radical (unpaired) electrons. The largest absolute Gasteiger partial charge is 0.504 e. The Morgan fingerprint density at radius 3 is 2.15 bits per heavy atom. The minimum Gasteiger partial charge on any atom is -0.504 e. The van der Waals surface area contributed by atoms with Crippen molar-refractivity contribution in [3.8, 4) is 11.5 Å². The van der Waals surface area contributed by atoms with E-state index in [2.05, 4.69) is 27.7 Å². The van der Waals surface area contributed by atoms with E-state index in [0.29, 0.717) is 5.75 Å². The molecule has 1 aliphatic heterocycles. The first-order valence-corrected chi connectivity index (χ1v) is 7.01. The number of hydrogen-bond donors (Lipinski definition) is 2. The quantitative estimate of drug-likeness (QED) is 0.824. The van der Waals surface area contributed by atoms with Gasteiger partial charge in [-0.25, -0.2) is 0 Å². The van der Waals surface area contributed by atoms with Crippen molar-refractivity contribution in [2.75, 3.05) is 13.7 Å². The van der Waals surface area contributed by atoms with Gasteiger partial charge in [0.1, 0.15) is 0 Å². The van der Waals surface area contributed by atoms with Crippen LogP contribution in [0.1, 0.15) is 40.5 Å².